The van der Waals surface area contributed by atoms with Gasteiger partial charge in [0, 0.05) is 29.2 Å². The average Bonchev–Trinajstić information content (AvgIpc) is 2.58. The van der Waals surface area contributed by atoms with Crippen LogP contribution in [-0.2, 0) is 0 Å². The smallest absolute Gasteiger partial charge is 0.0566 e. The fourth-order valence-electron chi connectivity index (χ4n) is 1.00. The fraction of sp³-hybridized carbons (Fsp3) is 0. The summed E-state index contributed by atoms with van der Waals surface area (Å²) in [5, 5.41) is 6.60. The first-order valence-corrected chi connectivity index (χ1v) is 3.63. The predicted molar refractivity (Wildman–Crippen MR) is 46.3 cm³/mol. The summed E-state index contributed by atoms with van der Waals surface area (Å²) in [5.41, 5.74) is 2.88. The molecule has 0 atom stereocenters. The van der Waals surface area contributed by atoms with Gasteiger partial charge < -0.3 is 0 Å². The Morgan fingerprint density at radius 2 is 2.08 bits per heavy atom. The van der Waals surface area contributed by atoms with E-state index in [0.717, 1.165) is 16.8 Å². The molecule has 0 saturated carbocycles. The Morgan fingerprint density at radius 1 is 1.17 bits per heavy atom. The molecule has 0 aliphatic carbocycles. The number of aromatic nitrogens is 3. The Morgan fingerprint density at radius 3 is 2.67 bits per heavy atom. The lowest BCUT2D eigenvalue weighted by molar-refractivity contribution is 1.09. The fourth-order valence-corrected chi connectivity index (χ4v) is 1.00. The summed E-state index contributed by atoms with van der Waals surface area (Å²) in [4.78, 5) is 4.08. The molecule has 0 saturated heterocycles. The summed E-state index contributed by atoms with van der Waals surface area (Å²) in [6.45, 7) is 3.71. The molecule has 0 fully saturated rings. The average molecular weight is 158 g/mol. The maximum Gasteiger partial charge on any atom is 0.0566 e. The summed E-state index contributed by atoms with van der Waals surface area (Å²) in [6.07, 6.45) is 5.38. The molecule has 0 amide bonds. The summed E-state index contributed by atoms with van der Waals surface area (Å²) >= 11 is 0. The molecule has 1 N–H and O–H groups in total. The van der Waals surface area contributed by atoms with Gasteiger partial charge in [-0.15, -0.1) is 0 Å². The topological polar surface area (TPSA) is 41.6 Å². The van der Waals surface area contributed by atoms with E-state index in [2.05, 4.69) is 22.1 Å². The monoisotopic (exact) mass is 158 g/mol. The number of nitrogens with zero attached hydrogens (tertiary/aromatic N) is 2. The molecule has 0 aliphatic rings. The zero-order chi connectivity index (χ0) is 8.39. The molecular formula is C9H8N3. The highest BCUT2D eigenvalue weighted by Crippen LogP contribution is 2.15. The van der Waals surface area contributed by atoms with E-state index in [4.69, 9.17) is 0 Å². The first-order valence-electron chi connectivity index (χ1n) is 3.63. The van der Waals surface area contributed by atoms with Gasteiger partial charge in [0.1, 0.15) is 0 Å². The minimum atomic E-state index is 0.780. The molecule has 0 bridgehead atoms. The van der Waals surface area contributed by atoms with E-state index < -0.39 is 0 Å². The van der Waals surface area contributed by atoms with Crippen LogP contribution in [0.15, 0.2) is 30.7 Å². The molecule has 0 unspecified atom stereocenters. The van der Waals surface area contributed by atoms with Crippen molar-refractivity contribution < 1.29 is 0 Å². The van der Waals surface area contributed by atoms with E-state index in [1.165, 1.54) is 0 Å². The number of aromatic amines is 1. The Kier molecular flexibility index (Phi) is 1.63. The van der Waals surface area contributed by atoms with Gasteiger partial charge in [-0.25, -0.2) is 0 Å². The highest BCUT2D eigenvalue weighted by Gasteiger charge is 1.97. The highest BCUT2D eigenvalue weighted by molar-refractivity contribution is 5.60. The van der Waals surface area contributed by atoms with Crippen molar-refractivity contribution in [2.45, 2.75) is 0 Å². The van der Waals surface area contributed by atoms with Gasteiger partial charge in [-0.1, -0.05) is 6.07 Å². The molecule has 3 nitrogen and oxygen atoms in total. The van der Waals surface area contributed by atoms with Gasteiger partial charge in [-0.3, -0.25) is 10.1 Å². The van der Waals surface area contributed by atoms with Crippen LogP contribution in [0.2, 0.25) is 0 Å². The predicted octanol–water partition coefficient (Wildman–Crippen LogP) is 1.65. The van der Waals surface area contributed by atoms with Gasteiger partial charge in [-0.2, -0.15) is 5.10 Å². The third-order valence-corrected chi connectivity index (χ3v) is 1.66. The van der Waals surface area contributed by atoms with Crippen molar-refractivity contribution in [3.63, 3.8) is 0 Å². The zero-order valence-electron chi connectivity index (χ0n) is 6.49. The quantitative estimate of drug-likeness (QED) is 0.685. The lowest BCUT2D eigenvalue weighted by Gasteiger charge is -1.95. The summed E-state index contributed by atoms with van der Waals surface area (Å²) in [6, 6.07) is 3.85. The second-order valence-electron chi connectivity index (χ2n) is 2.53. The molecule has 0 spiro atoms. The Balaban J connectivity index is 2.43. The van der Waals surface area contributed by atoms with E-state index in [0.29, 0.717) is 0 Å². The Hall–Kier alpha value is -1.64. The van der Waals surface area contributed by atoms with Crippen LogP contribution in [0.4, 0.5) is 0 Å². The number of H-pyrrole nitrogens is 1. The summed E-state index contributed by atoms with van der Waals surface area (Å²) in [7, 11) is 0. The van der Waals surface area contributed by atoms with Crippen LogP contribution in [-0.4, -0.2) is 15.2 Å². The van der Waals surface area contributed by atoms with Crippen LogP contribution in [0, 0.1) is 6.92 Å². The highest BCUT2D eigenvalue weighted by atomic mass is 15.1. The van der Waals surface area contributed by atoms with Crippen molar-refractivity contribution in [3.05, 3.63) is 43.3 Å². The largest absolute Gasteiger partial charge is 0.285 e. The maximum atomic E-state index is 4.08. The molecule has 2 rings (SSSR count). The number of pyridine rings is 1. The normalized spacial score (nSPS) is 10.1. The van der Waals surface area contributed by atoms with E-state index in [1.807, 2.05) is 18.3 Å². The lowest BCUT2D eigenvalue weighted by Crippen LogP contribution is -1.80. The minimum absolute atomic E-state index is 0.780. The molecule has 2 aromatic heterocycles. The Labute approximate surface area is 70.5 Å². The van der Waals surface area contributed by atoms with Crippen molar-refractivity contribution in [1.82, 2.24) is 15.2 Å². The van der Waals surface area contributed by atoms with E-state index >= 15 is 0 Å². The third-order valence-electron chi connectivity index (χ3n) is 1.66. The van der Waals surface area contributed by atoms with Crippen LogP contribution in [0.3, 0.4) is 0 Å². The van der Waals surface area contributed by atoms with E-state index in [1.54, 1.807) is 12.4 Å². The van der Waals surface area contributed by atoms with Crippen molar-refractivity contribution in [2.24, 2.45) is 0 Å². The molecule has 2 aromatic rings. The summed E-state index contributed by atoms with van der Waals surface area (Å²) in [5.74, 6) is 0. The number of rotatable bonds is 1. The molecule has 59 valence electrons. The van der Waals surface area contributed by atoms with Crippen LogP contribution in [0.1, 0.15) is 5.69 Å². The van der Waals surface area contributed by atoms with Crippen LogP contribution >= 0.6 is 0 Å². The van der Waals surface area contributed by atoms with Gasteiger partial charge >= 0.3 is 0 Å². The second-order valence-corrected chi connectivity index (χ2v) is 2.53. The van der Waals surface area contributed by atoms with Crippen LogP contribution < -0.4 is 0 Å². The lowest BCUT2D eigenvalue weighted by atomic mass is 10.1. The van der Waals surface area contributed by atoms with Gasteiger partial charge in [0.05, 0.1) is 6.20 Å². The van der Waals surface area contributed by atoms with Gasteiger partial charge in [-0.05, 0) is 13.0 Å². The molecule has 0 aliphatic heterocycles. The summed E-state index contributed by atoms with van der Waals surface area (Å²) < 4.78 is 0. The van der Waals surface area contributed by atoms with Crippen LogP contribution in [0.5, 0.6) is 0 Å². The van der Waals surface area contributed by atoms with Crippen molar-refractivity contribution in [1.29, 1.82) is 0 Å². The zero-order valence-corrected chi connectivity index (χ0v) is 6.49. The first kappa shape index (κ1) is 7.03. The van der Waals surface area contributed by atoms with Gasteiger partial charge in [0.2, 0.25) is 0 Å². The van der Waals surface area contributed by atoms with E-state index in [9.17, 15) is 0 Å². The second kappa shape index (κ2) is 2.77. The molecule has 1 radical (unpaired) electrons. The van der Waals surface area contributed by atoms with Crippen molar-refractivity contribution in [3.8, 4) is 11.1 Å². The van der Waals surface area contributed by atoms with Gasteiger partial charge in [0.25, 0.3) is 0 Å². The van der Waals surface area contributed by atoms with E-state index in [-0.39, 0.29) is 0 Å². The number of nitrogens with one attached hydrogen (secondary N) is 1. The van der Waals surface area contributed by atoms with Crippen molar-refractivity contribution >= 4 is 0 Å². The molecule has 12 heavy (non-hydrogen) atoms. The standard InChI is InChI=1S/C9H8N3/c1-7-2-3-8(4-10-7)9-5-11-12-6-9/h2-6H,1H2,(H,11,12). The van der Waals surface area contributed by atoms with Gasteiger partial charge in [0.15, 0.2) is 0 Å². The minimum Gasteiger partial charge on any atom is -0.285 e. The first-order chi connectivity index (χ1) is 5.86. The molecule has 0 aromatic carbocycles. The molecular weight excluding hydrogens is 150 g/mol. The number of hydrogen-bond donors (Lipinski definition) is 1. The Bertz CT molecular complexity index is 348. The molecule has 2 heterocycles. The number of hydrogen-bond acceptors (Lipinski definition) is 2. The SMILES string of the molecule is [CH2]c1ccc(-c2cn[nH]c2)cn1. The van der Waals surface area contributed by atoms with Crippen LogP contribution in [0.25, 0.3) is 11.1 Å². The maximum absolute atomic E-state index is 4.08. The molecule has 3 heteroatoms. The van der Waals surface area contributed by atoms with Crippen molar-refractivity contribution in [2.75, 3.05) is 0 Å². The third kappa shape index (κ3) is 1.21.